The van der Waals surface area contributed by atoms with Crippen molar-refractivity contribution >= 4 is 5.95 Å². The second kappa shape index (κ2) is 2.93. The maximum atomic E-state index is 12.3. The third kappa shape index (κ3) is 1.93. The largest absolute Gasteiger partial charge is 0.435 e. The molecule has 0 amide bonds. The lowest BCUT2D eigenvalue weighted by Crippen LogP contribution is -2.10. The Balaban J connectivity index is 3.20. The first-order chi connectivity index (χ1) is 5.82. The van der Waals surface area contributed by atoms with E-state index in [9.17, 15) is 13.2 Å². The lowest BCUT2D eigenvalue weighted by Gasteiger charge is -2.07. The number of anilines is 1. The van der Waals surface area contributed by atoms with Crippen LogP contribution in [-0.2, 0) is 6.18 Å². The fraction of sp³-hybridized carbons (Fsp3) is 0.571. The maximum absolute atomic E-state index is 12.3. The van der Waals surface area contributed by atoms with Crippen LogP contribution in [0.1, 0.15) is 31.2 Å². The van der Waals surface area contributed by atoms with E-state index in [1.807, 2.05) is 0 Å². The molecule has 0 aliphatic carbocycles. The Labute approximate surface area is 73.2 Å². The van der Waals surface area contributed by atoms with Crippen molar-refractivity contribution in [2.75, 3.05) is 5.73 Å². The molecular formula is C7H10F3N3. The van der Waals surface area contributed by atoms with Gasteiger partial charge >= 0.3 is 6.18 Å². The number of halogens is 3. The van der Waals surface area contributed by atoms with E-state index in [1.54, 1.807) is 13.8 Å². The molecule has 3 N–H and O–H groups in total. The summed E-state index contributed by atoms with van der Waals surface area (Å²) in [5, 5.41) is 0. The van der Waals surface area contributed by atoms with Crippen LogP contribution in [0.25, 0.3) is 0 Å². The number of nitrogen functional groups attached to an aromatic ring is 1. The molecule has 0 radical (unpaired) electrons. The minimum atomic E-state index is -4.44. The average molecular weight is 193 g/mol. The highest BCUT2D eigenvalue weighted by Crippen LogP contribution is 2.33. The third-order valence-corrected chi connectivity index (χ3v) is 1.60. The molecule has 0 unspecified atom stereocenters. The van der Waals surface area contributed by atoms with Crippen LogP contribution in [0.4, 0.5) is 19.1 Å². The Bertz CT molecular complexity index is 300. The van der Waals surface area contributed by atoms with E-state index in [0.717, 1.165) is 0 Å². The predicted molar refractivity (Wildman–Crippen MR) is 42.1 cm³/mol. The highest BCUT2D eigenvalue weighted by molar-refractivity contribution is 5.29. The molecule has 13 heavy (non-hydrogen) atoms. The molecule has 0 saturated carbocycles. The van der Waals surface area contributed by atoms with Gasteiger partial charge in [0.1, 0.15) is 0 Å². The highest BCUT2D eigenvalue weighted by Gasteiger charge is 2.37. The number of nitrogens with one attached hydrogen (secondary N) is 1. The first-order valence-corrected chi connectivity index (χ1v) is 3.75. The van der Waals surface area contributed by atoms with Crippen LogP contribution < -0.4 is 5.73 Å². The van der Waals surface area contributed by atoms with Crippen LogP contribution in [0, 0.1) is 0 Å². The lowest BCUT2D eigenvalue weighted by atomic mass is 10.1. The van der Waals surface area contributed by atoms with Crippen LogP contribution >= 0.6 is 0 Å². The molecule has 1 heterocycles. The Morgan fingerprint density at radius 3 is 2.23 bits per heavy atom. The van der Waals surface area contributed by atoms with Crippen molar-refractivity contribution in [2.24, 2.45) is 0 Å². The number of hydrogen-bond donors (Lipinski definition) is 2. The van der Waals surface area contributed by atoms with Gasteiger partial charge in [-0.15, -0.1) is 0 Å². The van der Waals surface area contributed by atoms with Gasteiger partial charge in [0, 0.05) is 0 Å². The van der Waals surface area contributed by atoms with Crippen LogP contribution in [-0.4, -0.2) is 9.97 Å². The second-order valence-corrected chi connectivity index (χ2v) is 3.04. The normalized spacial score (nSPS) is 12.5. The zero-order valence-corrected chi connectivity index (χ0v) is 7.24. The summed E-state index contributed by atoms with van der Waals surface area (Å²) in [4.78, 5) is 5.60. The molecule has 6 heteroatoms. The molecule has 0 aromatic carbocycles. The van der Waals surface area contributed by atoms with Crippen molar-refractivity contribution < 1.29 is 13.2 Å². The first-order valence-electron chi connectivity index (χ1n) is 3.75. The molecule has 0 spiro atoms. The number of nitrogens with two attached hydrogens (primary N) is 1. The number of hydrogen-bond acceptors (Lipinski definition) is 2. The Kier molecular flexibility index (Phi) is 2.23. The number of aromatic amines is 1. The van der Waals surface area contributed by atoms with Crippen LogP contribution in [0.15, 0.2) is 0 Å². The van der Waals surface area contributed by atoms with Crippen molar-refractivity contribution in [2.45, 2.75) is 25.9 Å². The summed E-state index contributed by atoms with van der Waals surface area (Å²) >= 11 is 0. The Morgan fingerprint density at radius 1 is 1.38 bits per heavy atom. The number of nitrogens with zero attached hydrogens (tertiary/aromatic N) is 1. The number of H-pyrrole nitrogens is 1. The van der Waals surface area contributed by atoms with Crippen molar-refractivity contribution in [1.29, 1.82) is 0 Å². The molecule has 1 rings (SSSR count). The molecule has 0 fully saturated rings. The summed E-state index contributed by atoms with van der Waals surface area (Å²) in [5.41, 5.74) is 4.26. The van der Waals surface area contributed by atoms with E-state index in [1.165, 1.54) is 0 Å². The summed E-state index contributed by atoms with van der Waals surface area (Å²) in [5.74, 6) is -0.475. The van der Waals surface area contributed by atoms with Crippen molar-refractivity contribution in [1.82, 2.24) is 9.97 Å². The summed E-state index contributed by atoms with van der Waals surface area (Å²) in [7, 11) is 0. The monoisotopic (exact) mass is 193 g/mol. The molecular weight excluding hydrogens is 183 g/mol. The van der Waals surface area contributed by atoms with Gasteiger partial charge in [0.15, 0.2) is 11.6 Å². The van der Waals surface area contributed by atoms with Gasteiger partial charge in [0.05, 0.1) is 5.69 Å². The van der Waals surface area contributed by atoms with Crippen molar-refractivity contribution in [3.63, 3.8) is 0 Å². The van der Waals surface area contributed by atoms with Crippen LogP contribution in [0.5, 0.6) is 0 Å². The van der Waals surface area contributed by atoms with Crippen LogP contribution in [0.3, 0.4) is 0 Å². The Morgan fingerprint density at radius 2 is 1.92 bits per heavy atom. The minimum Gasteiger partial charge on any atom is -0.369 e. The molecule has 0 atom stereocenters. The van der Waals surface area contributed by atoms with Crippen LogP contribution in [0.2, 0.25) is 0 Å². The molecule has 0 saturated heterocycles. The van der Waals surface area contributed by atoms with Gasteiger partial charge in [-0.1, -0.05) is 13.8 Å². The average Bonchev–Trinajstić information content (AvgIpc) is 2.29. The fourth-order valence-electron chi connectivity index (χ4n) is 1.04. The summed E-state index contributed by atoms with van der Waals surface area (Å²) in [6.07, 6.45) is -4.44. The summed E-state index contributed by atoms with van der Waals surface area (Å²) in [6, 6.07) is 0. The summed E-state index contributed by atoms with van der Waals surface area (Å²) < 4.78 is 36.9. The standard InChI is InChI=1S/C7H10F3N3/c1-3(2)4-5(7(8,9)10)13-6(11)12-4/h3H,1-2H3,(H3,11,12,13). The molecule has 3 nitrogen and oxygen atoms in total. The maximum Gasteiger partial charge on any atom is 0.435 e. The summed E-state index contributed by atoms with van der Waals surface area (Å²) in [6.45, 7) is 3.28. The van der Waals surface area contributed by atoms with E-state index < -0.39 is 11.9 Å². The predicted octanol–water partition coefficient (Wildman–Crippen LogP) is 2.13. The van der Waals surface area contributed by atoms with Gasteiger partial charge in [-0.3, -0.25) is 0 Å². The number of aromatic nitrogens is 2. The molecule has 0 aliphatic heterocycles. The highest BCUT2D eigenvalue weighted by atomic mass is 19.4. The second-order valence-electron chi connectivity index (χ2n) is 3.04. The molecule has 1 aromatic rings. The number of alkyl halides is 3. The van der Waals surface area contributed by atoms with E-state index in [4.69, 9.17) is 5.73 Å². The van der Waals surface area contributed by atoms with Gasteiger partial charge in [-0.25, -0.2) is 4.98 Å². The Hall–Kier alpha value is -1.20. The fourth-order valence-corrected chi connectivity index (χ4v) is 1.04. The first kappa shape index (κ1) is 9.88. The van der Waals surface area contributed by atoms with E-state index >= 15 is 0 Å². The van der Waals surface area contributed by atoms with Gasteiger partial charge in [0.2, 0.25) is 0 Å². The molecule has 0 aliphatic rings. The molecule has 1 aromatic heterocycles. The third-order valence-electron chi connectivity index (χ3n) is 1.60. The van der Waals surface area contributed by atoms with Crippen molar-refractivity contribution in [3.05, 3.63) is 11.4 Å². The number of rotatable bonds is 1. The van der Waals surface area contributed by atoms with Gasteiger partial charge < -0.3 is 10.7 Å². The zero-order valence-electron chi connectivity index (χ0n) is 7.24. The smallest absolute Gasteiger partial charge is 0.369 e. The van der Waals surface area contributed by atoms with Crippen molar-refractivity contribution in [3.8, 4) is 0 Å². The van der Waals surface area contributed by atoms with Gasteiger partial charge in [0.25, 0.3) is 0 Å². The lowest BCUT2D eigenvalue weighted by molar-refractivity contribution is -0.141. The zero-order chi connectivity index (χ0) is 10.2. The van der Waals surface area contributed by atoms with Gasteiger partial charge in [-0.2, -0.15) is 13.2 Å². The minimum absolute atomic E-state index is 0.0324. The topological polar surface area (TPSA) is 54.7 Å². The quantitative estimate of drug-likeness (QED) is 0.717. The van der Waals surface area contributed by atoms with E-state index in [0.29, 0.717) is 0 Å². The molecule has 0 bridgehead atoms. The van der Waals surface area contributed by atoms with Gasteiger partial charge in [-0.05, 0) is 5.92 Å². The van der Waals surface area contributed by atoms with E-state index in [-0.39, 0.29) is 17.6 Å². The van der Waals surface area contributed by atoms with E-state index in [2.05, 4.69) is 9.97 Å². The number of imidazole rings is 1. The SMILES string of the molecule is CC(C)c1[nH]c(N)nc1C(F)(F)F. The molecule has 74 valence electrons.